The van der Waals surface area contributed by atoms with Crippen LogP contribution in [-0.4, -0.2) is 75.2 Å². The van der Waals surface area contributed by atoms with Crippen LogP contribution in [0.15, 0.2) is 30.3 Å². The number of ketones is 1. The Morgan fingerprint density at radius 3 is 2.42 bits per heavy atom. The van der Waals surface area contributed by atoms with Crippen LogP contribution in [0.3, 0.4) is 0 Å². The number of carbonyl (C=O) groups is 1. The van der Waals surface area contributed by atoms with Crippen LogP contribution < -0.4 is 0 Å². The van der Waals surface area contributed by atoms with Gasteiger partial charge < -0.3 is 35.0 Å². The fourth-order valence-corrected chi connectivity index (χ4v) is 2.19. The molecule has 1 heterocycles. The Labute approximate surface area is 138 Å². The molecule has 2 rings (SSSR count). The minimum absolute atomic E-state index is 0.115. The maximum Gasteiger partial charge on any atom is 0.187 e. The smallest absolute Gasteiger partial charge is 0.187 e. The highest BCUT2D eigenvalue weighted by atomic mass is 16.7. The Kier molecular flexibility index (Phi) is 6.44. The van der Waals surface area contributed by atoms with Gasteiger partial charge in [-0.2, -0.15) is 0 Å². The molecular formula is C16H20O8. The summed E-state index contributed by atoms with van der Waals surface area (Å²) < 4.78 is 10.2. The second kappa shape index (κ2) is 8.34. The van der Waals surface area contributed by atoms with Gasteiger partial charge in [0, 0.05) is 0 Å². The molecule has 1 saturated heterocycles. The fourth-order valence-electron chi connectivity index (χ4n) is 2.19. The Bertz CT molecular complexity index is 568. The number of aliphatic hydroxyl groups is 4. The molecule has 8 nitrogen and oxygen atoms in total. The number of hydrogen-bond acceptors (Lipinski definition) is 8. The van der Waals surface area contributed by atoms with E-state index in [0.29, 0.717) is 5.56 Å². The van der Waals surface area contributed by atoms with E-state index in [-0.39, 0.29) is 5.75 Å². The van der Waals surface area contributed by atoms with Gasteiger partial charge in [0.05, 0.1) is 6.61 Å². The summed E-state index contributed by atoms with van der Waals surface area (Å²) >= 11 is 0. The number of aromatic hydroxyl groups is 1. The van der Waals surface area contributed by atoms with E-state index in [1.54, 1.807) is 12.1 Å². The quantitative estimate of drug-likeness (QED) is 0.407. The molecular weight excluding hydrogens is 320 g/mol. The van der Waals surface area contributed by atoms with E-state index >= 15 is 0 Å². The highest BCUT2D eigenvalue weighted by molar-refractivity contribution is 5.94. The van der Waals surface area contributed by atoms with Crippen molar-refractivity contribution < 1.29 is 39.8 Å². The molecule has 1 aliphatic rings. The van der Waals surface area contributed by atoms with Gasteiger partial charge in [-0.05, 0) is 23.8 Å². The van der Waals surface area contributed by atoms with Crippen LogP contribution in [0.5, 0.6) is 5.75 Å². The van der Waals surface area contributed by atoms with Gasteiger partial charge in [-0.15, -0.1) is 0 Å². The third-order valence-corrected chi connectivity index (χ3v) is 3.59. The number of hydrogen-bond donors (Lipinski definition) is 5. The van der Waals surface area contributed by atoms with Crippen LogP contribution in [0.2, 0.25) is 0 Å². The molecule has 1 aliphatic heterocycles. The summed E-state index contributed by atoms with van der Waals surface area (Å²) in [6, 6.07) is 6.21. The summed E-state index contributed by atoms with van der Waals surface area (Å²) in [6.45, 7) is -0.989. The van der Waals surface area contributed by atoms with Crippen molar-refractivity contribution in [1.82, 2.24) is 0 Å². The van der Waals surface area contributed by atoms with E-state index in [0.717, 1.165) is 0 Å². The van der Waals surface area contributed by atoms with Crippen molar-refractivity contribution in [2.45, 2.75) is 30.7 Å². The average Bonchev–Trinajstić information content (AvgIpc) is 2.58. The maximum atomic E-state index is 11.8. The zero-order chi connectivity index (χ0) is 17.7. The van der Waals surface area contributed by atoms with Crippen LogP contribution in [0.1, 0.15) is 5.56 Å². The molecule has 1 aromatic carbocycles. The molecule has 1 fully saturated rings. The molecule has 0 spiro atoms. The number of aliphatic hydroxyl groups excluding tert-OH is 4. The molecule has 5 atom stereocenters. The minimum Gasteiger partial charge on any atom is -0.508 e. The third kappa shape index (κ3) is 4.60. The lowest BCUT2D eigenvalue weighted by atomic mass is 9.99. The van der Waals surface area contributed by atoms with Crippen molar-refractivity contribution >= 4 is 11.9 Å². The second-order valence-corrected chi connectivity index (χ2v) is 5.40. The normalized spacial score (nSPS) is 30.6. The molecule has 24 heavy (non-hydrogen) atoms. The van der Waals surface area contributed by atoms with E-state index < -0.39 is 49.7 Å². The van der Waals surface area contributed by atoms with Gasteiger partial charge in [0.25, 0.3) is 0 Å². The predicted octanol–water partition coefficient (Wildman–Crippen LogP) is -1.21. The molecule has 0 aromatic heterocycles. The van der Waals surface area contributed by atoms with Crippen LogP contribution in [0, 0.1) is 0 Å². The summed E-state index contributed by atoms with van der Waals surface area (Å²) in [6.07, 6.45) is -4.22. The van der Waals surface area contributed by atoms with Crippen molar-refractivity contribution in [1.29, 1.82) is 0 Å². The van der Waals surface area contributed by atoms with Gasteiger partial charge in [0.2, 0.25) is 0 Å². The molecule has 8 heteroatoms. The minimum atomic E-state index is -1.55. The monoisotopic (exact) mass is 340 g/mol. The third-order valence-electron chi connectivity index (χ3n) is 3.59. The van der Waals surface area contributed by atoms with E-state index in [4.69, 9.17) is 19.7 Å². The van der Waals surface area contributed by atoms with E-state index in [1.807, 2.05) is 0 Å². The van der Waals surface area contributed by atoms with E-state index in [2.05, 4.69) is 0 Å². The Morgan fingerprint density at radius 2 is 1.79 bits per heavy atom. The summed E-state index contributed by atoms with van der Waals surface area (Å²) in [7, 11) is 0. The van der Waals surface area contributed by atoms with Crippen molar-refractivity contribution in [3.8, 4) is 5.75 Å². The predicted molar refractivity (Wildman–Crippen MR) is 81.9 cm³/mol. The van der Waals surface area contributed by atoms with Crippen LogP contribution in [-0.2, 0) is 14.3 Å². The number of phenolic OH excluding ortho intramolecular Hbond substituents is 1. The van der Waals surface area contributed by atoms with Crippen LogP contribution >= 0.6 is 0 Å². The summed E-state index contributed by atoms with van der Waals surface area (Å²) in [5.74, 6) is -0.301. The Hall–Kier alpha value is -1.81. The maximum absolute atomic E-state index is 11.8. The first-order valence-corrected chi connectivity index (χ1v) is 7.34. The first-order chi connectivity index (χ1) is 11.4. The van der Waals surface area contributed by atoms with Gasteiger partial charge in [0.15, 0.2) is 12.1 Å². The molecule has 0 saturated carbocycles. The second-order valence-electron chi connectivity index (χ2n) is 5.40. The zero-order valence-corrected chi connectivity index (χ0v) is 12.7. The van der Waals surface area contributed by atoms with Crippen molar-refractivity contribution in [2.75, 3.05) is 13.2 Å². The number of carbonyl (C=O) groups excluding carboxylic acids is 1. The van der Waals surface area contributed by atoms with Gasteiger partial charge in [-0.3, -0.25) is 4.79 Å². The van der Waals surface area contributed by atoms with Gasteiger partial charge in [0.1, 0.15) is 36.8 Å². The fraction of sp³-hybridized carbons (Fsp3) is 0.438. The summed E-state index contributed by atoms with van der Waals surface area (Å²) in [5.41, 5.74) is 0.703. The molecule has 0 radical (unpaired) electrons. The lowest BCUT2D eigenvalue weighted by Gasteiger charge is -2.39. The Balaban J connectivity index is 1.87. The van der Waals surface area contributed by atoms with Gasteiger partial charge in [-0.25, -0.2) is 0 Å². The van der Waals surface area contributed by atoms with Crippen molar-refractivity contribution in [3.05, 3.63) is 35.9 Å². The van der Waals surface area contributed by atoms with E-state index in [1.165, 1.54) is 24.3 Å². The van der Waals surface area contributed by atoms with Crippen LogP contribution in [0.4, 0.5) is 0 Å². The largest absolute Gasteiger partial charge is 0.508 e. The van der Waals surface area contributed by atoms with Gasteiger partial charge >= 0.3 is 0 Å². The number of phenols is 1. The van der Waals surface area contributed by atoms with Crippen molar-refractivity contribution in [2.24, 2.45) is 0 Å². The molecule has 0 aliphatic carbocycles. The lowest BCUT2D eigenvalue weighted by molar-refractivity contribution is -0.298. The Morgan fingerprint density at radius 1 is 1.12 bits per heavy atom. The number of ether oxygens (including phenoxy) is 2. The molecule has 0 amide bonds. The standard InChI is InChI=1S/C16H20O8/c17-7-12-13(20)14(21)15(22)16(24-12)23-8-11(19)6-3-9-1-4-10(18)5-2-9/h1-6,12-18,20-22H,7-8H2/b6-3+/t12-,13-,14+,15-,16-/m0/s1. The van der Waals surface area contributed by atoms with Crippen molar-refractivity contribution in [3.63, 3.8) is 0 Å². The summed E-state index contributed by atoms with van der Waals surface area (Å²) in [5, 5.41) is 47.3. The topological polar surface area (TPSA) is 137 Å². The van der Waals surface area contributed by atoms with E-state index in [9.17, 15) is 20.1 Å². The highest BCUT2D eigenvalue weighted by Gasteiger charge is 2.44. The average molecular weight is 340 g/mol. The summed E-state index contributed by atoms with van der Waals surface area (Å²) in [4.78, 5) is 11.8. The molecule has 1 aromatic rings. The molecule has 0 unspecified atom stereocenters. The first kappa shape index (κ1) is 18.5. The first-order valence-electron chi connectivity index (χ1n) is 7.34. The molecule has 0 bridgehead atoms. The molecule has 132 valence electrons. The van der Waals surface area contributed by atoms with Gasteiger partial charge in [-0.1, -0.05) is 18.2 Å². The lowest BCUT2D eigenvalue weighted by Crippen LogP contribution is -2.59. The highest BCUT2D eigenvalue weighted by Crippen LogP contribution is 2.21. The number of rotatable bonds is 6. The SMILES string of the molecule is O=C(/C=C/c1ccc(O)cc1)CO[C@H]1O[C@@H](CO)[C@H](O)[C@@H](O)[C@@H]1O. The zero-order valence-electron chi connectivity index (χ0n) is 12.7. The molecule has 5 N–H and O–H groups in total. The number of benzene rings is 1. The van der Waals surface area contributed by atoms with Crippen LogP contribution in [0.25, 0.3) is 6.08 Å².